The lowest BCUT2D eigenvalue weighted by molar-refractivity contribution is 0.0952. The van der Waals surface area contributed by atoms with Crippen LogP contribution in [0.2, 0.25) is 0 Å². The lowest BCUT2D eigenvalue weighted by atomic mass is 10.1. The third-order valence-corrected chi connectivity index (χ3v) is 7.00. The summed E-state index contributed by atoms with van der Waals surface area (Å²) in [6.07, 6.45) is 4.43. The van der Waals surface area contributed by atoms with Crippen LogP contribution in [0.3, 0.4) is 0 Å². The monoisotopic (exact) mass is 521 g/mol. The smallest absolute Gasteiger partial charge is 0.268 e. The van der Waals surface area contributed by atoms with Gasteiger partial charge in [-0.2, -0.15) is 11.3 Å². The first kappa shape index (κ1) is 25.5. The van der Waals surface area contributed by atoms with E-state index in [-0.39, 0.29) is 11.6 Å². The quantitative estimate of drug-likeness (QED) is 0.277. The van der Waals surface area contributed by atoms with E-state index in [4.69, 9.17) is 10.8 Å². The summed E-state index contributed by atoms with van der Waals surface area (Å²) in [6.45, 7) is 2.87. The number of benzene rings is 1. The molecular weight excluding hydrogens is 494 g/mol. The summed E-state index contributed by atoms with van der Waals surface area (Å²) in [5, 5.41) is 14.8. The Balaban J connectivity index is 0.000000556. The highest BCUT2D eigenvalue weighted by Gasteiger charge is 2.22. The minimum atomic E-state index is -0.593. The minimum Gasteiger partial charge on any atom is -0.396 e. The maximum atomic E-state index is 12.9. The van der Waals surface area contributed by atoms with Gasteiger partial charge in [0, 0.05) is 30.3 Å². The number of amides is 2. The van der Waals surface area contributed by atoms with Crippen molar-refractivity contribution in [3.8, 4) is 11.3 Å². The zero-order chi connectivity index (χ0) is 25.5. The molecule has 5 rings (SSSR count). The number of hydrogen-bond acceptors (Lipinski definition) is 7. The van der Waals surface area contributed by atoms with Crippen LogP contribution < -0.4 is 11.1 Å². The summed E-state index contributed by atoms with van der Waals surface area (Å²) in [5.41, 5.74) is 11.9. The van der Waals surface area contributed by atoms with Gasteiger partial charge in [0.1, 0.15) is 11.4 Å². The van der Waals surface area contributed by atoms with Crippen LogP contribution in [0.25, 0.3) is 27.1 Å². The van der Waals surface area contributed by atoms with E-state index in [0.717, 1.165) is 34.2 Å². The van der Waals surface area contributed by atoms with Crippen molar-refractivity contribution in [1.82, 2.24) is 19.7 Å². The fourth-order valence-electron chi connectivity index (χ4n) is 3.71. The SMILES string of the molecule is CCCCO.NC(=O)c1c(-c2ccsc2)nc2c(C(=O)NCCc3ccc4ncsc4c3)cccn12. The number of hydrogen-bond donors (Lipinski definition) is 3. The number of aliphatic hydroxyl groups excluding tert-OH is 1. The van der Waals surface area contributed by atoms with Gasteiger partial charge in [0.25, 0.3) is 11.8 Å². The highest BCUT2D eigenvalue weighted by molar-refractivity contribution is 7.16. The molecule has 4 heterocycles. The second-order valence-corrected chi connectivity index (χ2v) is 9.70. The summed E-state index contributed by atoms with van der Waals surface area (Å²) in [6, 6.07) is 11.4. The lowest BCUT2D eigenvalue weighted by Crippen LogP contribution is -2.26. The Hall–Kier alpha value is -3.60. The number of thiazole rings is 1. The Kier molecular flexibility index (Phi) is 8.42. The highest BCUT2D eigenvalue weighted by Crippen LogP contribution is 2.27. The second-order valence-electron chi connectivity index (χ2n) is 8.04. The van der Waals surface area contributed by atoms with E-state index in [0.29, 0.717) is 36.5 Å². The van der Waals surface area contributed by atoms with Crippen molar-refractivity contribution in [2.45, 2.75) is 26.2 Å². The molecule has 4 N–H and O–H groups in total. The summed E-state index contributed by atoms with van der Waals surface area (Å²) < 4.78 is 2.72. The maximum Gasteiger partial charge on any atom is 0.268 e. The molecule has 0 unspecified atom stereocenters. The van der Waals surface area contributed by atoms with E-state index in [1.54, 1.807) is 34.1 Å². The van der Waals surface area contributed by atoms with Crippen LogP contribution in [-0.2, 0) is 6.42 Å². The number of fused-ring (bicyclic) bond motifs is 2. The Labute approximate surface area is 216 Å². The van der Waals surface area contributed by atoms with Crippen LogP contribution in [0, 0.1) is 0 Å². The molecule has 2 amide bonds. The first-order valence-corrected chi connectivity index (χ1v) is 13.4. The Morgan fingerprint density at radius 2 is 2.08 bits per heavy atom. The van der Waals surface area contributed by atoms with Crippen LogP contribution in [0.15, 0.2) is 58.9 Å². The molecule has 0 fully saturated rings. The summed E-state index contributed by atoms with van der Waals surface area (Å²) in [5.74, 6) is -0.841. The number of nitrogens with zero attached hydrogens (tertiary/aromatic N) is 3. The fraction of sp³-hybridized carbons (Fsp3) is 0.231. The van der Waals surface area contributed by atoms with Crippen LogP contribution in [0.1, 0.15) is 46.2 Å². The molecule has 0 atom stereocenters. The van der Waals surface area contributed by atoms with Crippen LogP contribution in [0.5, 0.6) is 0 Å². The molecule has 4 aromatic heterocycles. The van der Waals surface area contributed by atoms with Crippen LogP contribution >= 0.6 is 22.7 Å². The molecule has 0 spiro atoms. The molecule has 0 aliphatic rings. The van der Waals surface area contributed by atoms with Gasteiger partial charge in [0.15, 0.2) is 5.65 Å². The topological polar surface area (TPSA) is 123 Å². The van der Waals surface area contributed by atoms with Gasteiger partial charge in [-0.15, -0.1) is 11.3 Å². The van der Waals surface area contributed by atoms with E-state index < -0.39 is 5.91 Å². The average Bonchev–Trinajstić information content (AvgIpc) is 3.63. The summed E-state index contributed by atoms with van der Waals surface area (Å²) in [4.78, 5) is 33.9. The highest BCUT2D eigenvalue weighted by atomic mass is 32.1. The number of thiophene rings is 1. The molecule has 0 saturated heterocycles. The Bertz CT molecular complexity index is 1470. The van der Waals surface area contributed by atoms with Crippen molar-refractivity contribution >= 4 is 50.4 Å². The molecule has 8 nitrogen and oxygen atoms in total. The third-order valence-electron chi connectivity index (χ3n) is 5.53. The number of nitrogens with two attached hydrogens (primary N) is 1. The number of imidazole rings is 1. The van der Waals surface area contributed by atoms with Crippen molar-refractivity contribution in [2.24, 2.45) is 5.73 Å². The van der Waals surface area contributed by atoms with Gasteiger partial charge in [0.2, 0.25) is 0 Å². The maximum absolute atomic E-state index is 12.9. The van der Waals surface area contributed by atoms with Gasteiger partial charge in [-0.05, 0) is 54.1 Å². The first-order chi connectivity index (χ1) is 17.5. The predicted octanol–water partition coefficient (Wildman–Crippen LogP) is 4.52. The summed E-state index contributed by atoms with van der Waals surface area (Å²) >= 11 is 3.10. The van der Waals surface area contributed by atoms with Gasteiger partial charge >= 0.3 is 0 Å². The van der Waals surface area contributed by atoms with Gasteiger partial charge in [0.05, 0.1) is 21.3 Å². The van der Waals surface area contributed by atoms with Gasteiger partial charge < -0.3 is 16.2 Å². The number of aromatic nitrogens is 3. The number of nitrogens with one attached hydrogen (secondary N) is 1. The third kappa shape index (κ3) is 5.62. The molecular formula is C26H27N5O3S2. The lowest BCUT2D eigenvalue weighted by Gasteiger charge is -2.07. The van der Waals surface area contributed by atoms with Gasteiger partial charge in [-0.3, -0.25) is 14.0 Å². The fourth-order valence-corrected chi connectivity index (χ4v) is 5.09. The molecule has 10 heteroatoms. The Morgan fingerprint density at radius 3 is 2.78 bits per heavy atom. The van der Waals surface area contributed by atoms with Gasteiger partial charge in [-0.1, -0.05) is 19.4 Å². The number of aliphatic hydroxyl groups is 1. The van der Waals surface area contributed by atoms with E-state index >= 15 is 0 Å². The van der Waals surface area contributed by atoms with E-state index in [9.17, 15) is 9.59 Å². The normalized spacial score (nSPS) is 10.8. The van der Waals surface area contributed by atoms with Crippen LogP contribution in [-0.4, -0.2) is 44.4 Å². The second kappa shape index (κ2) is 11.9. The van der Waals surface area contributed by atoms with E-state index in [2.05, 4.69) is 28.3 Å². The zero-order valence-corrected chi connectivity index (χ0v) is 21.4. The number of primary amides is 1. The predicted molar refractivity (Wildman–Crippen MR) is 145 cm³/mol. The molecule has 5 aromatic rings. The molecule has 0 bridgehead atoms. The average molecular weight is 522 g/mol. The zero-order valence-electron chi connectivity index (χ0n) is 19.8. The van der Waals surface area contributed by atoms with Crippen molar-refractivity contribution in [2.75, 3.05) is 13.2 Å². The largest absolute Gasteiger partial charge is 0.396 e. The molecule has 0 radical (unpaired) electrons. The van der Waals surface area contributed by atoms with E-state index in [1.807, 2.05) is 34.5 Å². The van der Waals surface area contributed by atoms with Crippen LogP contribution in [0.4, 0.5) is 0 Å². The number of carbonyl (C=O) groups is 2. The molecule has 1 aromatic carbocycles. The van der Waals surface area contributed by atoms with Crippen molar-refractivity contribution in [1.29, 1.82) is 0 Å². The number of carbonyl (C=O) groups excluding carboxylic acids is 2. The number of rotatable bonds is 8. The standard InChI is InChI=1S/C22H17N5O2S2.C4H10O/c23-20(28)19-18(14-6-9-30-11-14)26-21-15(2-1-8-27(19)21)22(29)24-7-5-13-3-4-16-17(10-13)31-12-25-16;1-2-3-4-5/h1-4,6,8-12H,5,7H2,(H2,23,28)(H,24,29);5H,2-4H2,1H3. The molecule has 36 heavy (non-hydrogen) atoms. The van der Waals surface area contributed by atoms with Crippen molar-refractivity contribution in [3.63, 3.8) is 0 Å². The first-order valence-electron chi connectivity index (χ1n) is 11.6. The van der Waals surface area contributed by atoms with Crippen molar-refractivity contribution < 1.29 is 14.7 Å². The number of pyridine rings is 1. The molecule has 0 saturated carbocycles. The van der Waals surface area contributed by atoms with Gasteiger partial charge in [-0.25, -0.2) is 9.97 Å². The van der Waals surface area contributed by atoms with E-state index in [1.165, 1.54) is 11.3 Å². The molecule has 0 aliphatic carbocycles. The number of unbranched alkanes of at least 4 members (excludes halogenated alkanes) is 1. The van der Waals surface area contributed by atoms with Crippen molar-refractivity contribution in [3.05, 3.63) is 75.7 Å². The molecule has 186 valence electrons. The minimum absolute atomic E-state index is 0.248. The summed E-state index contributed by atoms with van der Waals surface area (Å²) in [7, 11) is 0. The molecule has 0 aliphatic heterocycles. The Morgan fingerprint density at radius 1 is 1.22 bits per heavy atom.